The third-order valence-corrected chi connectivity index (χ3v) is 2.40. The van der Waals surface area contributed by atoms with Crippen LogP contribution < -0.4 is 0 Å². The van der Waals surface area contributed by atoms with Gasteiger partial charge in [-0.1, -0.05) is 25.7 Å². The van der Waals surface area contributed by atoms with Crippen LogP contribution in [0, 0.1) is 0 Å². The molecule has 0 radical (unpaired) electrons. The first-order valence-corrected chi connectivity index (χ1v) is 6.04. The summed E-state index contributed by atoms with van der Waals surface area (Å²) < 4.78 is 9.25. The van der Waals surface area contributed by atoms with E-state index in [1.54, 1.807) is 0 Å². The highest BCUT2D eigenvalue weighted by atomic mass is 16.5. The second kappa shape index (κ2) is 11.4. The minimum Gasteiger partial charge on any atom is -0.469 e. The Labute approximate surface area is 102 Å². The number of carbonyl (C=O) groups excluding carboxylic acids is 2. The van der Waals surface area contributed by atoms with E-state index in [1.165, 1.54) is 7.11 Å². The van der Waals surface area contributed by atoms with Crippen molar-refractivity contribution in [3.8, 4) is 0 Å². The maximum absolute atomic E-state index is 10.8. The Morgan fingerprint density at radius 3 is 2.12 bits per heavy atom. The Kier molecular flexibility index (Phi) is 10.7. The molecule has 0 amide bonds. The molecule has 0 saturated heterocycles. The Hall–Kier alpha value is -1.10. The van der Waals surface area contributed by atoms with Crippen LogP contribution >= 0.6 is 0 Å². The molecule has 0 aromatic rings. The van der Waals surface area contributed by atoms with E-state index >= 15 is 0 Å². The first kappa shape index (κ1) is 15.9. The van der Waals surface area contributed by atoms with Gasteiger partial charge in [-0.3, -0.25) is 4.79 Å². The van der Waals surface area contributed by atoms with Crippen molar-refractivity contribution in [2.45, 2.75) is 44.9 Å². The van der Waals surface area contributed by atoms with Gasteiger partial charge >= 0.3 is 11.9 Å². The van der Waals surface area contributed by atoms with Crippen LogP contribution in [0.1, 0.15) is 44.9 Å². The monoisotopic (exact) mass is 246 g/mol. The van der Waals surface area contributed by atoms with Gasteiger partial charge in [-0.15, -0.1) is 0 Å². The molecule has 5 nitrogen and oxygen atoms in total. The van der Waals surface area contributed by atoms with Gasteiger partial charge in [0.2, 0.25) is 0 Å². The van der Waals surface area contributed by atoms with Gasteiger partial charge in [0, 0.05) is 6.42 Å². The average Bonchev–Trinajstić information content (AvgIpc) is 2.35. The summed E-state index contributed by atoms with van der Waals surface area (Å²) in [5, 5.41) is 8.39. The number of hydrogen-bond donors (Lipinski definition) is 1. The first-order chi connectivity index (χ1) is 8.20. The molecule has 0 atom stereocenters. The van der Waals surface area contributed by atoms with Crippen molar-refractivity contribution in [2.24, 2.45) is 0 Å². The molecule has 0 spiro atoms. The van der Waals surface area contributed by atoms with E-state index in [0.717, 1.165) is 38.5 Å². The summed E-state index contributed by atoms with van der Waals surface area (Å²) in [6.45, 7) is -0.172. The van der Waals surface area contributed by atoms with Crippen LogP contribution in [-0.2, 0) is 19.1 Å². The van der Waals surface area contributed by atoms with E-state index in [-0.39, 0.29) is 5.97 Å². The van der Waals surface area contributed by atoms with Gasteiger partial charge < -0.3 is 14.6 Å². The summed E-state index contributed by atoms with van der Waals surface area (Å²) in [6, 6.07) is 0. The molecule has 5 heteroatoms. The number of carbonyl (C=O) groups is 2. The van der Waals surface area contributed by atoms with Crippen LogP contribution in [0.5, 0.6) is 0 Å². The second-order valence-corrected chi connectivity index (χ2v) is 3.83. The molecule has 0 aliphatic rings. The Bertz CT molecular complexity index is 193. The molecule has 0 rings (SSSR count). The summed E-state index contributed by atoms with van der Waals surface area (Å²) in [6.07, 6.45) is 6.34. The first-order valence-electron chi connectivity index (χ1n) is 6.04. The highest BCUT2D eigenvalue weighted by molar-refractivity contribution is 5.70. The topological polar surface area (TPSA) is 72.8 Å². The van der Waals surface area contributed by atoms with Crippen LogP contribution in [-0.4, -0.2) is 37.4 Å². The number of aliphatic hydroxyl groups is 1. The van der Waals surface area contributed by atoms with Crippen LogP contribution in [0.2, 0.25) is 0 Å². The third kappa shape index (κ3) is 11.2. The lowest BCUT2D eigenvalue weighted by atomic mass is 10.1. The molecule has 0 bridgehead atoms. The summed E-state index contributed by atoms with van der Waals surface area (Å²) >= 11 is 0. The number of methoxy groups -OCH3 is 1. The van der Waals surface area contributed by atoms with E-state index in [4.69, 9.17) is 9.84 Å². The van der Waals surface area contributed by atoms with Gasteiger partial charge in [-0.2, -0.15) is 0 Å². The molecule has 0 aromatic heterocycles. The fraction of sp³-hybridized carbons (Fsp3) is 0.833. The number of hydrogen-bond acceptors (Lipinski definition) is 5. The summed E-state index contributed by atoms with van der Waals surface area (Å²) in [7, 11) is 1.40. The van der Waals surface area contributed by atoms with Crippen molar-refractivity contribution in [1.29, 1.82) is 0 Å². The molecule has 0 aliphatic carbocycles. The van der Waals surface area contributed by atoms with Gasteiger partial charge in [-0.05, 0) is 12.8 Å². The maximum atomic E-state index is 10.8. The minimum absolute atomic E-state index is 0.152. The van der Waals surface area contributed by atoms with Crippen molar-refractivity contribution in [3.63, 3.8) is 0 Å². The lowest BCUT2D eigenvalue weighted by Crippen LogP contribution is -2.09. The predicted molar refractivity (Wildman–Crippen MR) is 62.4 cm³/mol. The van der Waals surface area contributed by atoms with E-state index < -0.39 is 12.6 Å². The molecule has 0 saturated carbocycles. The average molecular weight is 246 g/mol. The smallest absolute Gasteiger partial charge is 0.331 e. The van der Waals surface area contributed by atoms with Crippen molar-refractivity contribution < 1.29 is 24.2 Å². The number of esters is 2. The molecule has 100 valence electrons. The highest BCUT2D eigenvalue weighted by Gasteiger charge is 2.00. The SMILES string of the molecule is COC(=O)CCCCCCCCOC(=O)CO. The Morgan fingerprint density at radius 1 is 0.941 bits per heavy atom. The summed E-state index contributed by atoms with van der Waals surface area (Å²) in [4.78, 5) is 21.3. The fourth-order valence-corrected chi connectivity index (χ4v) is 1.41. The standard InChI is InChI=1S/C12H22O5/c1-16-11(14)8-6-4-2-3-5-7-9-17-12(15)10-13/h13H,2-10H2,1H3. The molecular weight excluding hydrogens is 224 g/mol. The van der Waals surface area contributed by atoms with Crippen LogP contribution in [0.25, 0.3) is 0 Å². The van der Waals surface area contributed by atoms with E-state index in [1.807, 2.05) is 0 Å². The quantitative estimate of drug-likeness (QED) is 0.466. The normalized spacial score (nSPS) is 10.0. The zero-order chi connectivity index (χ0) is 12.9. The lowest BCUT2D eigenvalue weighted by Gasteiger charge is -2.03. The van der Waals surface area contributed by atoms with Crippen molar-refractivity contribution in [3.05, 3.63) is 0 Å². The van der Waals surface area contributed by atoms with E-state index in [9.17, 15) is 9.59 Å². The van der Waals surface area contributed by atoms with Gasteiger partial charge in [0.15, 0.2) is 0 Å². The largest absolute Gasteiger partial charge is 0.469 e. The van der Waals surface area contributed by atoms with Crippen molar-refractivity contribution >= 4 is 11.9 Å². The van der Waals surface area contributed by atoms with E-state index in [0.29, 0.717) is 13.0 Å². The van der Waals surface area contributed by atoms with Gasteiger partial charge in [-0.25, -0.2) is 4.79 Å². The van der Waals surface area contributed by atoms with Crippen LogP contribution in [0.4, 0.5) is 0 Å². The molecule has 1 N–H and O–H groups in total. The number of rotatable bonds is 10. The number of unbranched alkanes of at least 4 members (excludes halogenated alkanes) is 5. The van der Waals surface area contributed by atoms with Gasteiger partial charge in [0.05, 0.1) is 13.7 Å². The van der Waals surface area contributed by atoms with Gasteiger partial charge in [0.25, 0.3) is 0 Å². The van der Waals surface area contributed by atoms with Crippen LogP contribution in [0.3, 0.4) is 0 Å². The molecule has 0 fully saturated rings. The summed E-state index contributed by atoms with van der Waals surface area (Å²) in [5.41, 5.74) is 0. The molecule has 0 unspecified atom stereocenters. The highest BCUT2D eigenvalue weighted by Crippen LogP contribution is 2.07. The molecule has 0 aromatic carbocycles. The second-order valence-electron chi connectivity index (χ2n) is 3.83. The zero-order valence-electron chi connectivity index (χ0n) is 10.4. The van der Waals surface area contributed by atoms with Crippen molar-refractivity contribution in [2.75, 3.05) is 20.3 Å². The van der Waals surface area contributed by atoms with E-state index in [2.05, 4.69) is 4.74 Å². The maximum Gasteiger partial charge on any atom is 0.331 e. The van der Waals surface area contributed by atoms with Gasteiger partial charge in [0.1, 0.15) is 6.61 Å². The minimum atomic E-state index is -0.567. The van der Waals surface area contributed by atoms with Crippen molar-refractivity contribution in [1.82, 2.24) is 0 Å². The third-order valence-electron chi connectivity index (χ3n) is 2.40. The molecular formula is C12H22O5. The zero-order valence-corrected chi connectivity index (χ0v) is 10.4. The molecule has 0 heterocycles. The predicted octanol–water partition coefficient (Wildman–Crippen LogP) is 1.43. The van der Waals surface area contributed by atoms with Crippen LogP contribution in [0.15, 0.2) is 0 Å². The Morgan fingerprint density at radius 2 is 1.53 bits per heavy atom. The number of ether oxygens (including phenoxy) is 2. The lowest BCUT2D eigenvalue weighted by molar-refractivity contribution is -0.147. The number of aliphatic hydroxyl groups excluding tert-OH is 1. The summed E-state index contributed by atoms with van der Waals surface area (Å²) in [5.74, 6) is -0.719. The molecule has 17 heavy (non-hydrogen) atoms. The Balaban J connectivity index is 3.08. The molecule has 0 aliphatic heterocycles. The fourth-order valence-electron chi connectivity index (χ4n) is 1.41.